The summed E-state index contributed by atoms with van der Waals surface area (Å²) in [6, 6.07) is 1.16. The minimum atomic E-state index is -0.616. The zero-order valence-corrected chi connectivity index (χ0v) is 8.71. The fourth-order valence-corrected chi connectivity index (χ4v) is 1.96. The van der Waals surface area contributed by atoms with E-state index in [9.17, 15) is 14.4 Å². The van der Waals surface area contributed by atoms with E-state index in [0.717, 1.165) is 31.7 Å². The van der Waals surface area contributed by atoms with Crippen molar-refractivity contribution in [3.05, 3.63) is 26.9 Å². The maximum atomic E-state index is 11.7. The van der Waals surface area contributed by atoms with E-state index in [1.54, 1.807) is 0 Å². The van der Waals surface area contributed by atoms with Gasteiger partial charge < -0.3 is 5.32 Å². The van der Waals surface area contributed by atoms with Gasteiger partial charge in [0, 0.05) is 12.0 Å². The van der Waals surface area contributed by atoms with E-state index in [-0.39, 0.29) is 17.6 Å². The van der Waals surface area contributed by atoms with Crippen molar-refractivity contribution in [2.75, 3.05) is 5.32 Å². The van der Waals surface area contributed by atoms with Crippen LogP contribution in [0.2, 0.25) is 0 Å². The van der Waals surface area contributed by atoms with Gasteiger partial charge in [0.25, 0.3) is 5.56 Å². The Morgan fingerprint density at radius 1 is 1.25 bits per heavy atom. The molecule has 2 rings (SSSR count). The third kappa shape index (κ3) is 2.39. The van der Waals surface area contributed by atoms with E-state index in [2.05, 4.69) is 10.3 Å². The zero-order chi connectivity index (χ0) is 11.5. The van der Waals surface area contributed by atoms with E-state index in [1.165, 1.54) is 0 Å². The number of nitrogens with one attached hydrogen (secondary N) is 3. The summed E-state index contributed by atoms with van der Waals surface area (Å²) < 4.78 is 0. The predicted molar refractivity (Wildman–Crippen MR) is 58.3 cm³/mol. The monoisotopic (exact) mass is 223 g/mol. The molecule has 1 aromatic heterocycles. The maximum absolute atomic E-state index is 11.7. The second-order valence-corrected chi connectivity index (χ2v) is 3.97. The lowest BCUT2D eigenvalue weighted by Gasteiger charge is -2.09. The lowest BCUT2D eigenvalue weighted by atomic mass is 10.1. The van der Waals surface area contributed by atoms with Gasteiger partial charge in [-0.05, 0) is 12.8 Å². The summed E-state index contributed by atoms with van der Waals surface area (Å²) in [5.74, 6) is 0.0344. The van der Waals surface area contributed by atoms with Crippen molar-refractivity contribution in [1.82, 2.24) is 9.97 Å². The first-order valence-electron chi connectivity index (χ1n) is 5.29. The van der Waals surface area contributed by atoms with Gasteiger partial charge >= 0.3 is 5.69 Å². The molecule has 6 heteroatoms. The molecule has 86 valence electrons. The van der Waals surface area contributed by atoms with Crippen molar-refractivity contribution < 1.29 is 4.79 Å². The highest BCUT2D eigenvalue weighted by Crippen LogP contribution is 2.25. The second kappa shape index (κ2) is 4.34. The van der Waals surface area contributed by atoms with E-state index in [0.29, 0.717) is 0 Å². The smallest absolute Gasteiger partial charge is 0.312 e. The maximum Gasteiger partial charge on any atom is 0.327 e. The van der Waals surface area contributed by atoms with Gasteiger partial charge in [-0.2, -0.15) is 0 Å². The van der Waals surface area contributed by atoms with Gasteiger partial charge in [0.15, 0.2) is 0 Å². The van der Waals surface area contributed by atoms with E-state index in [1.807, 2.05) is 4.98 Å². The summed E-state index contributed by atoms with van der Waals surface area (Å²) >= 11 is 0. The Bertz CT molecular complexity index is 468. The molecule has 16 heavy (non-hydrogen) atoms. The number of anilines is 1. The molecule has 1 aromatic rings. The molecular weight excluding hydrogens is 210 g/mol. The van der Waals surface area contributed by atoms with Crippen molar-refractivity contribution in [3.8, 4) is 0 Å². The highest BCUT2D eigenvalue weighted by molar-refractivity contribution is 5.91. The number of hydrogen-bond acceptors (Lipinski definition) is 3. The topological polar surface area (TPSA) is 94.8 Å². The van der Waals surface area contributed by atoms with Gasteiger partial charge in [-0.3, -0.25) is 19.6 Å². The number of rotatable bonds is 2. The predicted octanol–water partition coefficient (Wildman–Crippen LogP) is 0.192. The molecule has 1 aliphatic rings. The number of carbonyl (C=O) groups is 1. The second-order valence-electron chi connectivity index (χ2n) is 3.97. The number of H-pyrrole nitrogens is 2. The van der Waals surface area contributed by atoms with Crippen LogP contribution < -0.4 is 16.6 Å². The highest BCUT2D eigenvalue weighted by Gasteiger charge is 2.22. The largest absolute Gasteiger partial charge is 0.327 e. The van der Waals surface area contributed by atoms with Crippen molar-refractivity contribution in [3.63, 3.8) is 0 Å². The molecule has 0 atom stereocenters. The molecule has 1 aliphatic carbocycles. The molecule has 0 unspecified atom stereocenters. The SMILES string of the molecule is O=C(Nc1cc(=O)[nH]c(=O)[nH]1)C1CCCC1. The minimum absolute atomic E-state index is 0.00258. The van der Waals surface area contributed by atoms with Gasteiger partial charge in [-0.1, -0.05) is 12.8 Å². The molecule has 0 spiro atoms. The third-order valence-corrected chi connectivity index (χ3v) is 2.74. The Hall–Kier alpha value is -1.85. The van der Waals surface area contributed by atoms with Gasteiger partial charge in [-0.15, -0.1) is 0 Å². The van der Waals surface area contributed by atoms with E-state index >= 15 is 0 Å². The fraction of sp³-hybridized carbons (Fsp3) is 0.500. The molecule has 0 aromatic carbocycles. The van der Waals surface area contributed by atoms with Crippen molar-refractivity contribution in [1.29, 1.82) is 0 Å². The van der Waals surface area contributed by atoms with Crippen LogP contribution in [0, 0.1) is 5.92 Å². The minimum Gasteiger partial charge on any atom is -0.312 e. The number of hydrogen-bond donors (Lipinski definition) is 3. The van der Waals surface area contributed by atoms with Crippen LogP contribution >= 0.6 is 0 Å². The fourth-order valence-electron chi connectivity index (χ4n) is 1.96. The van der Waals surface area contributed by atoms with Crippen LogP contribution in [0.15, 0.2) is 15.7 Å². The molecule has 1 saturated carbocycles. The first kappa shape index (κ1) is 10.7. The lowest BCUT2D eigenvalue weighted by Crippen LogP contribution is -2.27. The van der Waals surface area contributed by atoms with Crippen LogP contribution in [0.5, 0.6) is 0 Å². The van der Waals surface area contributed by atoms with Gasteiger partial charge in [0.2, 0.25) is 5.91 Å². The normalized spacial score (nSPS) is 16.2. The summed E-state index contributed by atoms with van der Waals surface area (Å²) in [5, 5.41) is 2.55. The summed E-state index contributed by atoms with van der Waals surface area (Å²) in [7, 11) is 0. The molecule has 1 heterocycles. The van der Waals surface area contributed by atoms with E-state index < -0.39 is 11.2 Å². The summed E-state index contributed by atoms with van der Waals surface area (Å²) in [6.07, 6.45) is 3.87. The molecular formula is C10H13N3O3. The van der Waals surface area contributed by atoms with Crippen LogP contribution in [0.4, 0.5) is 5.82 Å². The average molecular weight is 223 g/mol. The van der Waals surface area contributed by atoms with Crippen molar-refractivity contribution in [2.24, 2.45) is 5.92 Å². The van der Waals surface area contributed by atoms with Crippen LogP contribution in [0.3, 0.4) is 0 Å². The van der Waals surface area contributed by atoms with Gasteiger partial charge in [0.05, 0.1) is 0 Å². The Balaban J connectivity index is 2.11. The standard InChI is InChI=1S/C10H13N3O3/c14-8-5-7(12-10(16)13-8)11-9(15)6-3-1-2-4-6/h5-6H,1-4H2,(H3,11,12,13,14,15,16). The van der Waals surface area contributed by atoms with Crippen LogP contribution in [0.25, 0.3) is 0 Å². The van der Waals surface area contributed by atoms with E-state index in [4.69, 9.17) is 0 Å². The molecule has 0 bridgehead atoms. The molecule has 1 fully saturated rings. The highest BCUT2D eigenvalue weighted by atomic mass is 16.2. The Kier molecular flexibility index (Phi) is 2.89. The first-order chi connectivity index (χ1) is 7.65. The Morgan fingerprint density at radius 3 is 2.56 bits per heavy atom. The quantitative estimate of drug-likeness (QED) is 0.668. The zero-order valence-electron chi connectivity index (χ0n) is 8.71. The lowest BCUT2D eigenvalue weighted by molar-refractivity contribution is -0.119. The van der Waals surface area contributed by atoms with Crippen LogP contribution in [-0.4, -0.2) is 15.9 Å². The summed E-state index contributed by atoms with van der Waals surface area (Å²) in [5.41, 5.74) is -1.14. The third-order valence-electron chi connectivity index (χ3n) is 2.74. The van der Waals surface area contributed by atoms with Gasteiger partial charge in [-0.25, -0.2) is 4.79 Å². The average Bonchev–Trinajstić information content (AvgIpc) is 2.68. The number of aromatic nitrogens is 2. The first-order valence-corrected chi connectivity index (χ1v) is 5.29. The summed E-state index contributed by atoms with van der Waals surface area (Å²) in [4.78, 5) is 38.0. The van der Waals surface area contributed by atoms with Crippen molar-refractivity contribution >= 4 is 11.7 Å². The Labute approximate surface area is 91.1 Å². The van der Waals surface area contributed by atoms with Gasteiger partial charge in [0.1, 0.15) is 5.82 Å². The summed E-state index contributed by atoms with van der Waals surface area (Å²) in [6.45, 7) is 0. The van der Waals surface area contributed by atoms with Crippen LogP contribution in [-0.2, 0) is 4.79 Å². The number of amides is 1. The van der Waals surface area contributed by atoms with Crippen molar-refractivity contribution in [2.45, 2.75) is 25.7 Å². The molecule has 6 nitrogen and oxygen atoms in total. The molecule has 0 aliphatic heterocycles. The molecule has 0 saturated heterocycles. The molecule has 3 N–H and O–H groups in total. The molecule has 0 radical (unpaired) electrons. The number of carbonyl (C=O) groups excluding carboxylic acids is 1. The molecule has 1 amide bonds. The number of aromatic amines is 2. The van der Waals surface area contributed by atoms with Crippen LogP contribution in [0.1, 0.15) is 25.7 Å². The Morgan fingerprint density at radius 2 is 1.94 bits per heavy atom.